The van der Waals surface area contributed by atoms with Crippen molar-refractivity contribution in [1.82, 2.24) is 14.8 Å². The summed E-state index contributed by atoms with van der Waals surface area (Å²) in [6.45, 7) is 0.918. The number of pyridine rings is 1. The molecule has 1 aliphatic carbocycles. The van der Waals surface area contributed by atoms with Gasteiger partial charge in [-0.15, -0.1) is 0 Å². The quantitative estimate of drug-likeness (QED) is 0.368. The second-order valence-corrected chi connectivity index (χ2v) is 12.5. The Kier molecular flexibility index (Phi) is 8.54. The molecule has 1 unspecified atom stereocenters. The van der Waals surface area contributed by atoms with Gasteiger partial charge in [0, 0.05) is 48.5 Å². The first kappa shape index (κ1) is 27.9. The van der Waals surface area contributed by atoms with Gasteiger partial charge >= 0.3 is 6.09 Å². The van der Waals surface area contributed by atoms with E-state index < -0.39 is 16.1 Å². The van der Waals surface area contributed by atoms with Crippen LogP contribution in [-0.2, 0) is 10.0 Å². The van der Waals surface area contributed by atoms with Crippen LogP contribution in [0, 0.1) is 5.92 Å². The van der Waals surface area contributed by atoms with Gasteiger partial charge in [-0.05, 0) is 48.7 Å². The molecule has 0 spiro atoms. The molecule has 0 radical (unpaired) electrons. The van der Waals surface area contributed by atoms with E-state index in [2.05, 4.69) is 9.71 Å². The number of carbonyl (C=O) groups is 2. The molecule has 2 N–H and O–H groups in total. The topological polar surface area (TPSA) is 120 Å². The third-order valence-electron chi connectivity index (χ3n) is 8.16. The molecule has 0 bridgehead atoms. The lowest BCUT2D eigenvalue weighted by Crippen LogP contribution is -2.56. The molecule has 2 amide bonds. The highest BCUT2D eigenvalue weighted by Gasteiger charge is 2.33. The van der Waals surface area contributed by atoms with Crippen molar-refractivity contribution in [1.29, 1.82) is 0 Å². The molecular weight excluding hydrogens is 528 g/mol. The molecule has 1 aliphatic heterocycles. The van der Waals surface area contributed by atoms with Crippen molar-refractivity contribution >= 4 is 38.6 Å². The van der Waals surface area contributed by atoms with Crippen molar-refractivity contribution in [3.63, 3.8) is 0 Å². The number of aromatic nitrogens is 1. The molecule has 9 nitrogen and oxygen atoms in total. The van der Waals surface area contributed by atoms with Gasteiger partial charge in [-0.25, -0.2) is 13.2 Å². The summed E-state index contributed by atoms with van der Waals surface area (Å²) in [5, 5.41) is 10.3. The van der Waals surface area contributed by atoms with Crippen molar-refractivity contribution in [3.05, 3.63) is 66.4 Å². The molecule has 2 aromatic carbocycles. The number of piperazine rings is 1. The van der Waals surface area contributed by atoms with Crippen LogP contribution >= 0.6 is 0 Å². The van der Waals surface area contributed by atoms with Gasteiger partial charge in [-0.3, -0.25) is 14.5 Å². The van der Waals surface area contributed by atoms with Crippen LogP contribution in [0.25, 0.3) is 10.9 Å². The number of anilines is 1. The Hall–Kier alpha value is -3.66. The molecule has 1 saturated carbocycles. The van der Waals surface area contributed by atoms with Crippen LogP contribution in [-0.4, -0.2) is 66.0 Å². The van der Waals surface area contributed by atoms with Crippen molar-refractivity contribution in [2.45, 2.75) is 62.3 Å². The Morgan fingerprint density at radius 1 is 0.950 bits per heavy atom. The molecule has 212 valence electrons. The van der Waals surface area contributed by atoms with E-state index in [9.17, 15) is 23.1 Å². The molecule has 2 fully saturated rings. The molecule has 10 heteroatoms. The van der Waals surface area contributed by atoms with Crippen LogP contribution in [0.1, 0.15) is 61.7 Å². The highest BCUT2D eigenvalue weighted by molar-refractivity contribution is 7.93. The zero-order valence-corrected chi connectivity index (χ0v) is 23.4. The number of carboxylic acid groups (broad SMARTS) is 1. The Morgan fingerprint density at radius 3 is 2.45 bits per heavy atom. The van der Waals surface area contributed by atoms with Gasteiger partial charge in [-0.2, -0.15) is 0 Å². The van der Waals surface area contributed by atoms with Gasteiger partial charge in [0.25, 0.3) is 15.9 Å². The number of carbonyl (C=O) groups excluding carboxylic acids is 1. The molecule has 2 heterocycles. The summed E-state index contributed by atoms with van der Waals surface area (Å²) in [4.78, 5) is 32.7. The van der Waals surface area contributed by atoms with E-state index in [1.807, 2.05) is 0 Å². The maximum Gasteiger partial charge on any atom is 0.407 e. The number of benzene rings is 2. The summed E-state index contributed by atoms with van der Waals surface area (Å²) in [6.07, 6.45) is 9.88. The second kappa shape index (κ2) is 12.2. The molecule has 3 aromatic rings. The maximum atomic E-state index is 13.5. The van der Waals surface area contributed by atoms with Gasteiger partial charge in [0.1, 0.15) is 4.90 Å². The maximum absolute atomic E-state index is 13.5. The third-order valence-corrected chi connectivity index (χ3v) is 9.57. The lowest BCUT2D eigenvalue weighted by molar-refractivity contribution is 0.0425. The molecule has 1 atom stereocenters. The van der Waals surface area contributed by atoms with Crippen LogP contribution < -0.4 is 4.72 Å². The molecule has 1 saturated heterocycles. The fraction of sp³-hybridized carbons (Fsp3) is 0.433. The monoisotopic (exact) mass is 564 g/mol. The minimum atomic E-state index is -3.91. The molecular formula is C30H36N4O5S. The van der Waals surface area contributed by atoms with Gasteiger partial charge in [0.15, 0.2) is 0 Å². The number of sulfonamides is 1. The molecule has 1 aromatic heterocycles. The Morgan fingerprint density at radius 2 is 1.70 bits per heavy atom. The SMILES string of the molecule is O=C(O)N1CCN(C(=O)c2ccc(NS(=O)(=O)c3cccc4cccnc34)cc2)C(CCCC2CCCCC2)C1. The van der Waals surface area contributed by atoms with Crippen LogP contribution in [0.3, 0.4) is 0 Å². The minimum absolute atomic E-state index is 0.0816. The zero-order valence-electron chi connectivity index (χ0n) is 22.5. The summed E-state index contributed by atoms with van der Waals surface area (Å²) < 4.78 is 28.9. The van der Waals surface area contributed by atoms with Gasteiger partial charge in [0.05, 0.1) is 5.52 Å². The van der Waals surface area contributed by atoms with Crippen molar-refractivity contribution < 1.29 is 23.1 Å². The molecule has 2 aliphatic rings. The lowest BCUT2D eigenvalue weighted by atomic mass is 9.85. The summed E-state index contributed by atoms with van der Waals surface area (Å²) in [7, 11) is -3.91. The fourth-order valence-corrected chi connectivity index (χ4v) is 7.25. The fourth-order valence-electron chi connectivity index (χ4n) is 6.01. The van der Waals surface area contributed by atoms with Crippen LogP contribution in [0.15, 0.2) is 65.7 Å². The number of hydrogen-bond donors (Lipinski definition) is 2. The highest BCUT2D eigenvalue weighted by Crippen LogP contribution is 2.29. The highest BCUT2D eigenvalue weighted by atomic mass is 32.2. The van der Waals surface area contributed by atoms with Gasteiger partial charge in [0.2, 0.25) is 0 Å². The summed E-state index contributed by atoms with van der Waals surface area (Å²) >= 11 is 0. The molecule has 40 heavy (non-hydrogen) atoms. The first-order chi connectivity index (χ1) is 19.3. The summed E-state index contributed by atoms with van der Waals surface area (Å²) in [6, 6.07) is 14.8. The first-order valence-corrected chi connectivity index (χ1v) is 15.6. The Balaban J connectivity index is 1.27. The lowest BCUT2D eigenvalue weighted by Gasteiger charge is -2.40. The second-order valence-electron chi connectivity index (χ2n) is 10.8. The summed E-state index contributed by atoms with van der Waals surface area (Å²) in [5.74, 6) is 0.568. The van der Waals surface area contributed by atoms with Crippen molar-refractivity contribution in [3.8, 4) is 0 Å². The Labute approximate surface area is 235 Å². The standard InChI is InChI=1S/C30H36N4O5S/c35-29(34-20-19-33(30(36)37)21-26(34)12-4-9-22-7-2-1-3-8-22)24-14-16-25(17-15-24)32-40(38,39)27-13-5-10-23-11-6-18-31-28(23)27/h5-6,10-11,13-18,22,26,32H,1-4,7-9,12,19-21H2,(H,36,37). The largest absolute Gasteiger partial charge is 0.465 e. The normalized spacial score (nSPS) is 18.6. The van der Waals surface area contributed by atoms with Crippen LogP contribution in [0.4, 0.5) is 10.5 Å². The third kappa shape index (κ3) is 6.38. The van der Waals surface area contributed by atoms with Crippen LogP contribution in [0.5, 0.6) is 0 Å². The number of rotatable bonds is 8. The predicted molar refractivity (Wildman–Crippen MR) is 154 cm³/mol. The number of nitrogens with one attached hydrogen (secondary N) is 1. The van der Waals surface area contributed by atoms with Gasteiger partial charge < -0.3 is 14.9 Å². The average Bonchev–Trinajstić information content (AvgIpc) is 2.97. The zero-order chi connectivity index (χ0) is 28.1. The number of fused-ring (bicyclic) bond motifs is 1. The van der Waals surface area contributed by atoms with E-state index in [4.69, 9.17) is 0 Å². The predicted octanol–water partition coefficient (Wildman–Crippen LogP) is 5.59. The van der Waals surface area contributed by atoms with E-state index in [-0.39, 0.29) is 23.4 Å². The number of hydrogen-bond acceptors (Lipinski definition) is 5. The number of nitrogens with zero attached hydrogens (tertiary/aromatic N) is 3. The smallest absolute Gasteiger partial charge is 0.407 e. The average molecular weight is 565 g/mol. The minimum Gasteiger partial charge on any atom is -0.465 e. The van der Waals surface area contributed by atoms with E-state index in [1.165, 1.54) is 43.1 Å². The molecule has 5 rings (SSSR count). The number of para-hydroxylation sites is 1. The van der Waals surface area contributed by atoms with Crippen molar-refractivity contribution in [2.75, 3.05) is 24.4 Å². The Bertz CT molecular complexity index is 1450. The van der Waals surface area contributed by atoms with Crippen LogP contribution in [0.2, 0.25) is 0 Å². The van der Waals surface area contributed by atoms with E-state index in [1.54, 1.807) is 59.6 Å². The van der Waals surface area contributed by atoms with E-state index >= 15 is 0 Å². The van der Waals surface area contributed by atoms with Gasteiger partial charge in [-0.1, -0.05) is 63.1 Å². The van der Waals surface area contributed by atoms with E-state index in [0.717, 1.165) is 30.6 Å². The summed E-state index contributed by atoms with van der Waals surface area (Å²) in [5.41, 5.74) is 1.17. The number of amides is 2. The van der Waals surface area contributed by atoms with Crippen molar-refractivity contribution in [2.24, 2.45) is 5.92 Å². The first-order valence-electron chi connectivity index (χ1n) is 14.1. The van der Waals surface area contributed by atoms with E-state index in [0.29, 0.717) is 29.9 Å².